The van der Waals surface area contributed by atoms with Crippen molar-refractivity contribution in [2.75, 3.05) is 0 Å². The maximum Gasteiger partial charge on any atom is 0.181 e. The molecule has 148 valence electrons. The number of aliphatic imine (C=N–C) groups is 1. The lowest BCUT2D eigenvalue weighted by Gasteiger charge is -2.15. The Bertz CT molecular complexity index is 1280. The van der Waals surface area contributed by atoms with Crippen LogP contribution in [0.4, 0.5) is 0 Å². The molecule has 6 rings (SSSR count). The zero-order valence-electron chi connectivity index (χ0n) is 17.0. The van der Waals surface area contributed by atoms with Crippen molar-refractivity contribution in [1.29, 1.82) is 0 Å². The Morgan fingerprint density at radius 2 is 1.93 bits per heavy atom. The molecule has 0 spiro atoms. The number of rotatable bonds is 3. The highest BCUT2D eigenvalue weighted by Gasteiger charge is 2.30. The highest BCUT2D eigenvalue weighted by Crippen LogP contribution is 2.43. The van der Waals surface area contributed by atoms with Gasteiger partial charge in [0.1, 0.15) is 12.0 Å². The number of aromatic nitrogens is 3. The molecule has 1 atom stereocenters. The molecule has 0 bridgehead atoms. The zero-order chi connectivity index (χ0) is 20.2. The Morgan fingerprint density at radius 1 is 1.07 bits per heavy atom. The molecule has 30 heavy (non-hydrogen) atoms. The molecular formula is C25H22N4O. The Labute approximate surface area is 175 Å². The lowest BCUT2D eigenvalue weighted by atomic mass is 9.94. The quantitative estimate of drug-likeness (QED) is 0.453. The molecule has 5 nitrogen and oxygen atoms in total. The van der Waals surface area contributed by atoms with Gasteiger partial charge in [0.15, 0.2) is 12.2 Å². The monoisotopic (exact) mass is 394 g/mol. The molecule has 0 N–H and O–H groups in total. The molecule has 2 aromatic heterocycles. The molecule has 2 aliphatic rings. The van der Waals surface area contributed by atoms with Crippen molar-refractivity contribution in [3.63, 3.8) is 0 Å². The van der Waals surface area contributed by atoms with Gasteiger partial charge in [0.05, 0.1) is 29.3 Å². The topological polar surface area (TPSA) is 56.2 Å². The molecule has 1 fully saturated rings. The van der Waals surface area contributed by atoms with Gasteiger partial charge in [-0.15, -0.1) is 0 Å². The second-order valence-corrected chi connectivity index (χ2v) is 8.23. The molecule has 5 heteroatoms. The van der Waals surface area contributed by atoms with Crippen LogP contribution in [0.1, 0.15) is 59.7 Å². The largest absolute Gasteiger partial charge is 0.442 e. The number of benzene rings is 2. The highest BCUT2D eigenvalue weighted by atomic mass is 16.3. The number of fused-ring (bicyclic) bond motifs is 3. The van der Waals surface area contributed by atoms with Gasteiger partial charge in [0.2, 0.25) is 0 Å². The van der Waals surface area contributed by atoms with Crippen molar-refractivity contribution in [1.82, 2.24) is 14.5 Å². The number of hydrogen-bond donors (Lipinski definition) is 0. The number of aryl methyl sites for hydroxylation is 1. The van der Waals surface area contributed by atoms with E-state index < -0.39 is 0 Å². The van der Waals surface area contributed by atoms with Gasteiger partial charge in [-0.05, 0) is 55.9 Å². The maximum atomic E-state index is 5.58. The van der Waals surface area contributed by atoms with Crippen LogP contribution in [0.5, 0.6) is 0 Å². The van der Waals surface area contributed by atoms with Crippen LogP contribution >= 0.6 is 0 Å². The maximum absolute atomic E-state index is 5.58. The third-order valence-corrected chi connectivity index (χ3v) is 6.17. The third kappa shape index (κ3) is 2.65. The molecule has 1 aliphatic carbocycles. The third-order valence-electron chi connectivity index (χ3n) is 6.17. The molecule has 0 radical (unpaired) electrons. The van der Waals surface area contributed by atoms with Crippen LogP contribution in [0.15, 0.2) is 70.8 Å². The van der Waals surface area contributed by atoms with Gasteiger partial charge in [-0.3, -0.25) is 9.56 Å². The van der Waals surface area contributed by atoms with Gasteiger partial charge in [-0.25, -0.2) is 9.97 Å². The average molecular weight is 394 g/mol. The van der Waals surface area contributed by atoms with Crippen LogP contribution in [0.25, 0.3) is 17.1 Å². The van der Waals surface area contributed by atoms with Gasteiger partial charge in [-0.1, -0.05) is 30.3 Å². The van der Waals surface area contributed by atoms with Crippen molar-refractivity contribution < 1.29 is 4.42 Å². The molecule has 0 amide bonds. The summed E-state index contributed by atoms with van der Waals surface area (Å²) in [5, 5.41) is 0. The lowest BCUT2D eigenvalue weighted by Crippen LogP contribution is -2.09. The Kier molecular flexibility index (Phi) is 3.78. The van der Waals surface area contributed by atoms with E-state index in [0.717, 1.165) is 22.8 Å². The molecular weight excluding hydrogens is 372 g/mol. The van der Waals surface area contributed by atoms with E-state index >= 15 is 0 Å². The Morgan fingerprint density at radius 3 is 2.70 bits per heavy atom. The second kappa shape index (κ2) is 6.52. The smallest absolute Gasteiger partial charge is 0.181 e. The fourth-order valence-corrected chi connectivity index (χ4v) is 4.47. The van der Waals surface area contributed by atoms with Crippen molar-refractivity contribution in [3.8, 4) is 17.1 Å². The first-order chi connectivity index (χ1) is 14.7. The Hall–Kier alpha value is -3.47. The van der Waals surface area contributed by atoms with E-state index in [0.29, 0.717) is 11.7 Å². The normalized spacial score (nSPS) is 17.8. The van der Waals surface area contributed by atoms with Crippen molar-refractivity contribution in [3.05, 3.63) is 89.3 Å². The summed E-state index contributed by atoms with van der Waals surface area (Å²) in [7, 11) is 0. The predicted octanol–water partition coefficient (Wildman–Crippen LogP) is 5.63. The minimum atomic E-state index is -0.0843. The molecule has 3 heterocycles. The Balaban J connectivity index is 1.63. The fraction of sp³-hybridized carbons (Fsp3) is 0.240. The summed E-state index contributed by atoms with van der Waals surface area (Å²) in [6, 6.07) is 15.2. The van der Waals surface area contributed by atoms with Gasteiger partial charge in [0.25, 0.3) is 0 Å². The first-order valence-electron chi connectivity index (χ1n) is 10.5. The summed E-state index contributed by atoms with van der Waals surface area (Å²) in [5.41, 5.74) is 8.96. The summed E-state index contributed by atoms with van der Waals surface area (Å²) in [5.74, 6) is 1.35. The fourth-order valence-electron chi connectivity index (χ4n) is 4.47. The van der Waals surface area contributed by atoms with Crippen LogP contribution < -0.4 is 0 Å². The summed E-state index contributed by atoms with van der Waals surface area (Å²) in [6.45, 7) is 4.28. The van der Waals surface area contributed by atoms with Gasteiger partial charge in [0, 0.05) is 11.1 Å². The number of nitrogens with zero attached hydrogens (tertiary/aromatic N) is 4. The minimum absolute atomic E-state index is 0.0843. The van der Waals surface area contributed by atoms with E-state index in [-0.39, 0.29) is 6.04 Å². The van der Waals surface area contributed by atoms with E-state index in [4.69, 9.17) is 9.41 Å². The van der Waals surface area contributed by atoms with Crippen molar-refractivity contribution >= 4 is 5.71 Å². The number of hydrogen-bond acceptors (Lipinski definition) is 4. The van der Waals surface area contributed by atoms with Crippen LogP contribution in [-0.2, 0) is 0 Å². The molecule has 0 saturated heterocycles. The average Bonchev–Trinajstić information content (AvgIpc) is 3.31. The van der Waals surface area contributed by atoms with Crippen LogP contribution in [0.2, 0.25) is 0 Å². The first-order valence-corrected chi connectivity index (χ1v) is 10.5. The van der Waals surface area contributed by atoms with Crippen LogP contribution in [0, 0.1) is 6.92 Å². The predicted molar refractivity (Wildman–Crippen MR) is 116 cm³/mol. The van der Waals surface area contributed by atoms with E-state index in [1.54, 1.807) is 6.20 Å². The summed E-state index contributed by atoms with van der Waals surface area (Å²) >= 11 is 0. The van der Waals surface area contributed by atoms with Crippen LogP contribution in [-0.4, -0.2) is 20.2 Å². The van der Waals surface area contributed by atoms with Gasteiger partial charge in [-0.2, -0.15) is 0 Å². The van der Waals surface area contributed by atoms with Crippen LogP contribution in [0.3, 0.4) is 0 Å². The SMILES string of the molecule is Cc1ccccc1C1=N[C@@H](C)c2c(-c3cnco3)ncn2-c2ccc(C3CC3)cc21. The first kappa shape index (κ1) is 17.4. The highest BCUT2D eigenvalue weighted by molar-refractivity contribution is 6.16. The van der Waals surface area contributed by atoms with E-state index in [1.165, 1.54) is 41.5 Å². The molecule has 4 aromatic rings. The zero-order valence-corrected chi connectivity index (χ0v) is 17.0. The van der Waals surface area contributed by atoms with E-state index in [1.807, 2.05) is 6.33 Å². The van der Waals surface area contributed by atoms with Gasteiger partial charge < -0.3 is 4.42 Å². The minimum Gasteiger partial charge on any atom is -0.442 e. The lowest BCUT2D eigenvalue weighted by molar-refractivity contribution is 0.568. The molecule has 1 saturated carbocycles. The standard InChI is InChI=1S/C25H22N4O/c1-15-5-3-4-6-19(15)23-20-11-18(17-7-8-17)9-10-21(20)29-13-27-24(22-12-26-14-30-22)25(29)16(2)28-23/h3-6,9-14,16-17H,7-8H2,1-2H3/t16-/m0/s1. The van der Waals surface area contributed by atoms with E-state index in [9.17, 15) is 0 Å². The van der Waals surface area contributed by atoms with Crippen molar-refractivity contribution in [2.45, 2.75) is 38.6 Å². The number of imidazole rings is 1. The van der Waals surface area contributed by atoms with Gasteiger partial charge >= 0.3 is 0 Å². The summed E-state index contributed by atoms with van der Waals surface area (Å²) < 4.78 is 7.75. The van der Waals surface area contributed by atoms with E-state index in [2.05, 4.69) is 70.8 Å². The second-order valence-electron chi connectivity index (χ2n) is 8.23. The molecule has 1 aliphatic heterocycles. The number of oxazole rings is 1. The van der Waals surface area contributed by atoms with Crippen molar-refractivity contribution in [2.24, 2.45) is 4.99 Å². The summed E-state index contributed by atoms with van der Waals surface area (Å²) in [6.07, 6.45) is 7.59. The molecule has 2 aromatic carbocycles. The molecule has 0 unspecified atom stereocenters. The summed E-state index contributed by atoms with van der Waals surface area (Å²) in [4.78, 5) is 14.0.